The monoisotopic (exact) mass is 490 g/mol. The largest absolute Gasteiger partial charge is 0.490 e. The van der Waals surface area contributed by atoms with Crippen LogP contribution < -0.4 is 10.1 Å². The number of halogens is 4. The van der Waals surface area contributed by atoms with E-state index in [0.29, 0.717) is 11.8 Å². The van der Waals surface area contributed by atoms with Gasteiger partial charge in [-0.25, -0.2) is 0 Å². The molecule has 1 atom stereocenters. The van der Waals surface area contributed by atoms with Crippen LogP contribution in [0.15, 0.2) is 42.5 Å². The van der Waals surface area contributed by atoms with Gasteiger partial charge in [-0.15, -0.1) is 0 Å². The topological polar surface area (TPSA) is 82.3 Å². The van der Waals surface area contributed by atoms with Crippen molar-refractivity contribution in [3.8, 4) is 11.8 Å². The molecule has 2 rings (SSSR count). The summed E-state index contributed by atoms with van der Waals surface area (Å²) in [5.41, 5.74) is -3.91. The first-order valence-corrected chi connectivity index (χ1v) is 8.64. The predicted molar refractivity (Wildman–Crippen MR) is 100 cm³/mol. The molecule has 0 heterocycles. The van der Waals surface area contributed by atoms with Crippen LogP contribution in [-0.4, -0.2) is 23.2 Å². The van der Waals surface area contributed by atoms with E-state index in [1.165, 1.54) is 13.0 Å². The Morgan fingerprint density at radius 1 is 1.26 bits per heavy atom. The first kappa shape index (κ1) is 21.0. The third kappa shape index (κ3) is 5.58. The van der Waals surface area contributed by atoms with Crippen LogP contribution in [0.25, 0.3) is 0 Å². The van der Waals surface area contributed by atoms with Gasteiger partial charge in [-0.2, -0.15) is 18.4 Å². The number of nitrogens with one attached hydrogen (secondary N) is 1. The van der Waals surface area contributed by atoms with Crippen LogP contribution in [0.2, 0.25) is 0 Å². The number of alkyl halides is 3. The molecule has 0 unspecified atom stereocenters. The molecule has 0 spiro atoms. The van der Waals surface area contributed by atoms with Crippen LogP contribution >= 0.6 is 22.6 Å². The molecule has 1 amide bonds. The van der Waals surface area contributed by atoms with Crippen molar-refractivity contribution >= 4 is 34.2 Å². The number of nitriles is 1. The number of benzene rings is 2. The van der Waals surface area contributed by atoms with Gasteiger partial charge in [0, 0.05) is 9.26 Å². The van der Waals surface area contributed by atoms with Crippen molar-refractivity contribution in [2.24, 2.45) is 0 Å². The van der Waals surface area contributed by atoms with Crippen molar-refractivity contribution in [1.29, 1.82) is 5.26 Å². The standard InChI is InChI=1S/C18H14F3IN2O3/c1-17(26,10-27-14-6-3-12(22)4-7-14)16(25)24-13-5-2-11(9-23)15(8-13)18(19,20)21/h2-8,26H,10H2,1H3,(H,24,25)/t17-/m0/s1. The predicted octanol–water partition coefficient (Wildman–Crippen LogP) is 3.95. The second kappa shape index (κ2) is 8.14. The fourth-order valence-electron chi connectivity index (χ4n) is 2.04. The molecule has 0 radical (unpaired) electrons. The number of amides is 1. The minimum Gasteiger partial charge on any atom is -0.490 e. The van der Waals surface area contributed by atoms with Crippen LogP contribution in [0.3, 0.4) is 0 Å². The zero-order chi connectivity index (χ0) is 20.2. The van der Waals surface area contributed by atoms with Crippen LogP contribution in [0, 0.1) is 14.9 Å². The molecule has 0 saturated heterocycles. The zero-order valence-electron chi connectivity index (χ0n) is 14.0. The van der Waals surface area contributed by atoms with Crippen LogP contribution in [-0.2, 0) is 11.0 Å². The van der Waals surface area contributed by atoms with E-state index in [0.717, 1.165) is 15.7 Å². The lowest BCUT2D eigenvalue weighted by molar-refractivity contribution is -0.138. The molecule has 5 nitrogen and oxygen atoms in total. The molecule has 0 aliphatic heterocycles. The quantitative estimate of drug-likeness (QED) is 0.623. The van der Waals surface area contributed by atoms with Gasteiger partial charge in [0.05, 0.1) is 17.2 Å². The van der Waals surface area contributed by atoms with Crippen LogP contribution in [0.4, 0.5) is 18.9 Å². The summed E-state index contributed by atoms with van der Waals surface area (Å²) in [5.74, 6) is -0.507. The van der Waals surface area contributed by atoms with Crippen LogP contribution in [0.5, 0.6) is 5.75 Å². The van der Waals surface area contributed by atoms with E-state index in [1.54, 1.807) is 24.3 Å². The van der Waals surface area contributed by atoms with E-state index in [1.807, 2.05) is 0 Å². The Hall–Kier alpha value is -2.32. The number of rotatable bonds is 5. The SMILES string of the molecule is C[C@](O)(COc1ccc(I)cc1)C(=O)Nc1ccc(C#N)c(C(F)(F)F)c1. The highest BCUT2D eigenvalue weighted by Gasteiger charge is 2.35. The number of carbonyl (C=O) groups is 1. The van der Waals surface area contributed by atoms with Crippen molar-refractivity contribution < 1.29 is 27.8 Å². The lowest BCUT2D eigenvalue weighted by Crippen LogP contribution is -2.45. The maximum atomic E-state index is 13.0. The molecule has 2 aromatic rings. The molecule has 142 valence electrons. The van der Waals surface area contributed by atoms with Gasteiger partial charge < -0.3 is 15.2 Å². The van der Waals surface area contributed by atoms with Crippen molar-refractivity contribution in [1.82, 2.24) is 0 Å². The number of hydrogen-bond donors (Lipinski definition) is 2. The number of hydrogen-bond acceptors (Lipinski definition) is 4. The average molecular weight is 490 g/mol. The van der Waals surface area contributed by atoms with Gasteiger partial charge in [0.15, 0.2) is 5.60 Å². The van der Waals surface area contributed by atoms with Gasteiger partial charge in [0.25, 0.3) is 5.91 Å². The fraction of sp³-hybridized carbons (Fsp3) is 0.222. The molecule has 0 fully saturated rings. The van der Waals surface area contributed by atoms with E-state index in [9.17, 15) is 23.1 Å². The second-order valence-corrected chi connectivity index (χ2v) is 7.09. The van der Waals surface area contributed by atoms with E-state index < -0.39 is 35.4 Å². The number of carbonyl (C=O) groups excluding carboxylic acids is 1. The van der Waals surface area contributed by atoms with Crippen molar-refractivity contribution in [2.45, 2.75) is 18.7 Å². The third-order valence-electron chi connectivity index (χ3n) is 3.53. The molecule has 2 aromatic carbocycles. The maximum Gasteiger partial charge on any atom is 0.417 e. The number of anilines is 1. The summed E-state index contributed by atoms with van der Waals surface area (Å²) in [6.07, 6.45) is -4.75. The smallest absolute Gasteiger partial charge is 0.417 e. The molecule has 0 aromatic heterocycles. The second-order valence-electron chi connectivity index (χ2n) is 5.84. The maximum absolute atomic E-state index is 13.0. The Morgan fingerprint density at radius 2 is 1.89 bits per heavy atom. The number of aliphatic hydroxyl groups is 1. The molecule has 2 N–H and O–H groups in total. The summed E-state index contributed by atoms with van der Waals surface area (Å²) in [7, 11) is 0. The summed E-state index contributed by atoms with van der Waals surface area (Å²) >= 11 is 2.11. The van der Waals surface area contributed by atoms with Gasteiger partial charge in [-0.05, 0) is 72.0 Å². The molecular weight excluding hydrogens is 476 g/mol. The fourth-order valence-corrected chi connectivity index (χ4v) is 2.40. The summed E-state index contributed by atoms with van der Waals surface area (Å²) in [5, 5.41) is 21.3. The average Bonchev–Trinajstić information content (AvgIpc) is 2.60. The van der Waals surface area contributed by atoms with Crippen molar-refractivity contribution in [3.05, 3.63) is 57.2 Å². The van der Waals surface area contributed by atoms with Gasteiger partial charge in [0.1, 0.15) is 12.4 Å². The van der Waals surface area contributed by atoms with Crippen molar-refractivity contribution in [2.75, 3.05) is 11.9 Å². The highest BCUT2D eigenvalue weighted by molar-refractivity contribution is 14.1. The Bertz CT molecular complexity index is 875. The van der Waals surface area contributed by atoms with Gasteiger partial charge in [-0.1, -0.05) is 0 Å². The van der Waals surface area contributed by atoms with Gasteiger partial charge in [0.2, 0.25) is 0 Å². The van der Waals surface area contributed by atoms with Gasteiger partial charge >= 0.3 is 6.18 Å². The number of ether oxygens (including phenoxy) is 1. The first-order valence-electron chi connectivity index (χ1n) is 7.56. The molecule has 27 heavy (non-hydrogen) atoms. The zero-order valence-corrected chi connectivity index (χ0v) is 16.1. The number of nitrogens with zero attached hydrogens (tertiary/aromatic N) is 1. The minimum atomic E-state index is -4.75. The Kier molecular flexibility index (Phi) is 6.33. The van der Waals surface area contributed by atoms with E-state index in [-0.39, 0.29) is 5.69 Å². The third-order valence-corrected chi connectivity index (χ3v) is 4.25. The Labute approximate surface area is 166 Å². The van der Waals surface area contributed by atoms with Gasteiger partial charge in [-0.3, -0.25) is 4.79 Å². The molecule has 0 bridgehead atoms. The first-order chi connectivity index (χ1) is 12.5. The summed E-state index contributed by atoms with van der Waals surface area (Å²) in [4.78, 5) is 12.2. The van der Waals surface area contributed by atoms with Crippen LogP contribution in [0.1, 0.15) is 18.1 Å². The van der Waals surface area contributed by atoms with E-state index in [4.69, 9.17) is 10.00 Å². The summed E-state index contributed by atoms with van der Waals surface area (Å²) in [6, 6.07) is 11.1. The molecule has 0 aliphatic rings. The molecule has 9 heteroatoms. The molecular formula is C18H14F3IN2O3. The van der Waals surface area contributed by atoms with Crippen molar-refractivity contribution in [3.63, 3.8) is 0 Å². The molecule has 0 saturated carbocycles. The normalized spacial score (nSPS) is 13.4. The van der Waals surface area contributed by atoms with E-state index in [2.05, 4.69) is 27.9 Å². The Morgan fingerprint density at radius 3 is 2.44 bits per heavy atom. The lowest BCUT2D eigenvalue weighted by Gasteiger charge is -2.23. The molecule has 0 aliphatic carbocycles. The highest BCUT2D eigenvalue weighted by atomic mass is 127. The summed E-state index contributed by atoms with van der Waals surface area (Å²) in [6.45, 7) is 0.783. The van der Waals surface area contributed by atoms with E-state index >= 15 is 0 Å². The highest BCUT2D eigenvalue weighted by Crippen LogP contribution is 2.33. The Balaban J connectivity index is 2.11. The summed E-state index contributed by atoms with van der Waals surface area (Å²) < 4.78 is 45.3. The minimum absolute atomic E-state index is 0.194. The lowest BCUT2D eigenvalue weighted by atomic mass is 10.1.